The maximum atomic E-state index is 10.9. The van der Waals surface area contributed by atoms with E-state index in [1.165, 1.54) is 12.1 Å². The summed E-state index contributed by atoms with van der Waals surface area (Å²) in [5.74, 6) is 0.555. The molecule has 0 radical (unpaired) electrons. The maximum absolute atomic E-state index is 10.9. The number of nitro groups is 1. The third kappa shape index (κ3) is 4.93. The number of benzene rings is 2. The van der Waals surface area contributed by atoms with Crippen molar-refractivity contribution in [1.29, 1.82) is 0 Å². The van der Waals surface area contributed by atoms with Crippen molar-refractivity contribution in [3.8, 4) is 5.75 Å². The highest BCUT2D eigenvalue weighted by Gasteiger charge is 2.10. The number of nitro benzene ring substituents is 1. The molecule has 0 aliphatic rings. The number of hydrogen-bond donors (Lipinski definition) is 0. The molecule has 2 aromatic carbocycles. The van der Waals surface area contributed by atoms with Gasteiger partial charge >= 0.3 is 0 Å². The van der Waals surface area contributed by atoms with Crippen LogP contribution >= 0.6 is 11.6 Å². The molecule has 0 amide bonds. The first-order valence-corrected chi connectivity index (χ1v) is 7.22. The van der Waals surface area contributed by atoms with E-state index in [4.69, 9.17) is 16.3 Å². The topological polar surface area (TPSA) is 69.4 Å². The second-order valence-electron chi connectivity index (χ2n) is 4.82. The number of rotatable bonds is 6. The van der Waals surface area contributed by atoms with Gasteiger partial charge in [0, 0.05) is 12.1 Å². The second kappa shape index (κ2) is 7.56. The minimum absolute atomic E-state index is 0.0617. The van der Waals surface area contributed by atoms with Crippen LogP contribution in [0.3, 0.4) is 0 Å². The highest BCUT2D eigenvalue weighted by molar-refractivity contribution is 6.64. The summed E-state index contributed by atoms with van der Waals surface area (Å²) >= 11 is 5.34. The molecule has 0 fully saturated rings. The van der Waals surface area contributed by atoms with Crippen molar-refractivity contribution in [3.05, 3.63) is 69.8 Å². The number of halogens is 1. The average Bonchev–Trinajstić information content (AvgIpc) is 2.54. The van der Waals surface area contributed by atoms with Crippen molar-refractivity contribution in [2.45, 2.75) is 13.0 Å². The normalized spacial score (nSPS) is 12.1. The van der Waals surface area contributed by atoms with Crippen molar-refractivity contribution in [1.82, 2.24) is 0 Å². The summed E-state index contributed by atoms with van der Waals surface area (Å²) in [6, 6.07) is 13.4. The molecule has 0 N–H and O–H groups in total. The van der Waals surface area contributed by atoms with Gasteiger partial charge in [0.2, 0.25) is 0 Å². The first kappa shape index (κ1) is 16.7. The molecule has 23 heavy (non-hydrogen) atoms. The van der Waals surface area contributed by atoms with Gasteiger partial charge in [-0.15, -0.1) is 0 Å². The lowest BCUT2D eigenvalue weighted by Crippen LogP contribution is -2.18. The van der Waals surface area contributed by atoms with Crippen LogP contribution in [0.1, 0.15) is 18.1 Å². The summed E-state index contributed by atoms with van der Waals surface area (Å²) < 4.78 is 5.36. The molecule has 0 aromatic heterocycles. The van der Waals surface area contributed by atoms with Crippen molar-refractivity contribution in [3.63, 3.8) is 0 Å². The van der Waals surface area contributed by atoms with Gasteiger partial charge in [-0.3, -0.25) is 14.9 Å². The predicted octanol–water partition coefficient (Wildman–Crippen LogP) is 4.30. The quantitative estimate of drug-likeness (QED) is 0.342. The van der Waals surface area contributed by atoms with Crippen molar-refractivity contribution in [2.24, 2.45) is 0 Å². The van der Waals surface area contributed by atoms with Gasteiger partial charge in [-0.25, -0.2) is 0 Å². The third-order valence-electron chi connectivity index (χ3n) is 3.08. The monoisotopic (exact) mass is 331 g/mol. The van der Waals surface area contributed by atoms with Gasteiger partial charge in [0.05, 0.1) is 4.92 Å². The van der Waals surface area contributed by atoms with E-state index < -0.39 is 16.3 Å². The van der Waals surface area contributed by atoms with Crippen molar-refractivity contribution >= 4 is 34.7 Å². The molecule has 0 aliphatic carbocycles. The fraction of sp³-hybridized carbons (Fsp3) is 0.118. The van der Waals surface area contributed by atoms with Crippen LogP contribution in [-0.2, 0) is 4.79 Å². The number of carbonyl (C=O) groups excluding carboxylic acids is 1. The van der Waals surface area contributed by atoms with Crippen LogP contribution in [0.5, 0.6) is 5.75 Å². The summed E-state index contributed by atoms with van der Waals surface area (Å²) in [7, 11) is 0. The zero-order chi connectivity index (χ0) is 16.8. The van der Waals surface area contributed by atoms with E-state index in [1.54, 1.807) is 31.2 Å². The standard InChI is InChI=1S/C17H14ClNO4/c1-12(17(18)20)23-16-10-6-14(7-11-16)3-2-13-4-8-15(9-5-13)19(21)22/h2-12H,1H3/b3-2+. The summed E-state index contributed by atoms with van der Waals surface area (Å²) in [6.07, 6.45) is 3.03. The molecule has 0 bridgehead atoms. The first-order chi connectivity index (χ1) is 11.0. The van der Waals surface area contributed by atoms with Gasteiger partial charge in [-0.05, 0) is 53.9 Å². The van der Waals surface area contributed by atoms with Crippen LogP contribution in [0.25, 0.3) is 12.2 Å². The molecule has 5 nitrogen and oxygen atoms in total. The van der Waals surface area contributed by atoms with Crippen LogP contribution in [-0.4, -0.2) is 16.3 Å². The Bertz CT molecular complexity index is 723. The maximum Gasteiger partial charge on any atom is 0.269 e. The van der Waals surface area contributed by atoms with Gasteiger partial charge < -0.3 is 4.74 Å². The predicted molar refractivity (Wildman–Crippen MR) is 89.4 cm³/mol. The Morgan fingerprint density at radius 2 is 1.57 bits per heavy atom. The van der Waals surface area contributed by atoms with E-state index in [0.717, 1.165) is 11.1 Å². The fourth-order valence-electron chi connectivity index (χ4n) is 1.81. The fourth-order valence-corrected chi connectivity index (χ4v) is 1.85. The largest absolute Gasteiger partial charge is 0.482 e. The van der Waals surface area contributed by atoms with Gasteiger partial charge in [0.1, 0.15) is 5.75 Å². The molecule has 118 valence electrons. The van der Waals surface area contributed by atoms with Crippen molar-refractivity contribution in [2.75, 3.05) is 0 Å². The van der Waals surface area contributed by atoms with E-state index in [9.17, 15) is 14.9 Å². The Hall–Kier alpha value is -2.66. The van der Waals surface area contributed by atoms with Gasteiger partial charge in [-0.2, -0.15) is 0 Å². The highest BCUT2D eigenvalue weighted by atomic mass is 35.5. The Morgan fingerprint density at radius 3 is 2.00 bits per heavy atom. The summed E-state index contributed by atoms with van der Waals surface area (Å²) in [5.41, 5.74) is 1.85. The molecular formula is C17H14ClNO4. The lowest BCUT2D eigenvalue weighted by Gasteiger charge is -2.10. The Balaban J connectivity index is 2.02. The van der Waals surface area contributed by atoms with E-state index in [-0.39, 0.29) is 5.69 Å². The van der Waals surface area contributed by atoms with E-state index >= 15 is 0 Å². The Labute approximate surface area is 138 Å². The number of ether oxygens (including phenoxy) is 1. The van der Waals surface area contributed by atoms with Crippen LogP contribution in [0, 0.1) is 10.1 Å². The van der Waals surface area contributed by atoms with Crippen LogP contribution in [0.15, 0.2) is 48.5 Å². The molecule has 1 atom stereocenters. The van der Waals surface area contributed by atoms with E-state index in [0.29, 0.717) is 5.75 Å². The molecule has 0 aliphatic heterocycles. The number of non-ortho nitro benzene ring substituents is 1. The van der Waals surface area contributed by atoms with E-state index in [2.05, 4.69) is 0 Å². The Morgan fingerprint density at radius 1 is 1.09 bits per heavy atom. The number of hydrogen-bond acceptors (Lipinski definition) is 4. The minimum Gasteiger partial charge on any atom is -0.482 e. The van der Waals surface area contributed by atoms with Crippen LogP contribution < -0.4 is 4.74 Å². The summed E-state index contributed by atoms with van der Waals surface area (Å²) in [5, 5.41) is 10.0. The SMILES string of the molecule is CC(Oc1ccc(/C=C/c2ccc([N+](=O)[O-])cc2)cc1)C(=O)Cl. The molecule has 2 rings (SSSR count). The van der Waals surface area contributed by atoms with Gasteiger partial charge in [0.25, 0.3) is 10.9 Å². The zero-order valence-corrected chi connectivity index (χ0v) is 13.1. The number of carbonyl (C=O) groups is 1. The minimum atomic E-state index is -0.696. The van der Waals surface area contributed by atoms with Gasteiger partial charge in [-0.1, -0.05) is 24.3 Å². The molecule has 6 heteroatoms. The van der Waals surface area contributed by atoms with Gasteiger partial charge in [0.15, 0.2) is 6.10 Å². The zero-order valence-electron chi connectivity index (χ0n) is 12.3. The molecule has 0 saturated heterocycles. The lowest BCUT2D eigenvalue weighted by atomic mass is 10.1. The van der Waals surface area contributed by atoms with Crippen LogP contribution in [0.4, 0.5) is 5.69 Å². The first-order valence-electron chi connectivity index (χ1n) is 6.84. The average molecular weight is 332 g/mol. The second-order valence-corrected chi connectivity index (χ2v) is 5.19. The number of nitrogens with zero attached hydrogens (tertiary/aromatic N) is 1. The molecule has 0 spiro atoms. The third-order valence-corrected chi connectivity index (χ3v) is 3.39. The summed E-state index contributed by atoms with van der Waals surface area (Å²) in [4.78, 5) is 21.1. The summed E-state index contributed by atoms with van der Waals surface area (Å²) in [6.45, 7) is 1.58. The molecule has 0 heterocycles. The molecule has 1 unspecified atom stereocenters. The Kier molecular flexibility index (Phi) is 5.49. The highest BCUT2D eigenvalue weighted by Crippen LogP contribution is 2.17. The van der Waals surface area contributed by atoms with Crippen LogP contribution in [0.2, 0.25) is 0 Å². The molecule has 0 saturated carbocycles. The molecular weight excluding hydrogens is 318 g/mol. The smallest absolute Gasteiger partial charge is 0.269 e. The van der Waals surface area contributed by atoms with E-state index in [1.807, 2.05) is 24.3 Å². The van der Waals surface area contributed by atoms with Crippen molar-refractivity contribution < 1.29 is 14.5 Å². The lowest BCUT2D eigenvalue weighted by molar-refractivity contribution is -0.384. The molecule has 2 aromatic rings.